The van der Waals surface area contributed by atoms with E-state index in [-0.39, 0.29) is 5.54 Å². The molecule has 0 aliphatic heterocycles. The summed E-state index contributed by atoms with van der Waals surface area (Å²) in [4.78, 5) is 13.4. The van der Waals surface area contributed by atoms with Crippen molar-refractivity contribution in [2.24, 2.45) is 4.99 Å². The molecule has 1 aliphatic carbocycles. The molecule has 0 bridgehead atoms. The minimum absolute atomic E-state index is 0.0260. The van der Waals surface area contributed by atoms with Gasteiger partial charge in [0.1, 0.15) is 0 Å². The van der Waals surface area contributed by atoms with Gasteiger partial charge in [-0.25, -0.2) is 4.79 Å². The Hall–Kier alpha value is -0.620. The standard InChI is InChI=1S/C6H9NO/c1-6(7-5-8)3-2-4-6/h2-4H2,1H3. The van der Waals surface area contributed by atoms with E-state index < -0.39 is 0 Å². The molecule has 0 radical (unpaired) electrons. The zero-order valence-corrected chi connectivity index (χ0v) is 4.98. The first kappa shape index (κ1) is 5.52. The lowest BCUT2D eigenvalue weighted by molar-refractivity contribution is 0.279. The summed E-state index contributed by atoms with van der Waals surface area (Å²) in [5.41, 5.74) is -0.0260. The zero-order valence-electron chi connectivity index (χ0n) is 4.98. The van der Waals surface area contributed by atoms with E-state index in [4.69, 9.17) is 0 Å². The Labute approximate surface area is 48.6 Å². The lowest BCUT2D eigenvalue weighted by atomic mass is 9.79. The van der Waals surface area contributed by atoms with Crippen molar-refractivity contribution in [3.05, 3.63) is 0 Å². The number of carbonyl (C=O) groups excluding carboxylic acids is 1. The van der Waals surface area contributed by atoms with E-state index >= 15 is 0 Å². The van der Waals surface area contributed by atoms with Crippen molar-refractivity contribution >= 4 is 6.08 Å². The van der Waals surface area contributed by atoms with E-state index in [1.54, 1.807) is 6.08 Å². The van der Waals surface area contributed by atoms with Crippen molar-refractivity contribution in [2.75, 3.05) is 0 Å². The van der Waals surface area contributed by atoms with Gasteiger partial charge in [-0.15, -0.1) is 0 Å². The molecule has 0 saturated heterocycles. The van der Waals surface area contributed by atoms with Gasteiger partial charge in [0.25, 0.3) is 0 Å². The molecule has 0 amide bonds. The first-order chi connectivity index (χ1) is 3.77. The average Bonchev–Trinajstić information content (AvgIpc) is 1.64. The molecular weight excluding hydrogens is 102 g/mol. The van der Waals surface area contributed by atoms with Crippen molar-refractivity contribution in [3.63, 3.8) is 0 Å². The summed E-state index contributed by atoms with van der Waals surface area (Å²) in [6.45, 7) is 1.99. The maximum atomic E-state index is 9.72. The predicted octanol–water partition coefficient (Wildman–Crippen LogP) is 1.26. The normalized spacial score (nSPS) is 23.1. The molecule has 1 saturated carbocycles. The molecule has 1 fully saturated rings. The summed E-state index contributed by atoms with van der Waals surface area (Å²) in [5.74, 6) is 0. The van der Waals surface area contributed by atoms with E-state index in [0.29, 0.717) is 0 Å². The van der Waals surface area contributed by atoms with Gasteiger partial charge in [0, 0.05) is 0 Å². The molecule has 0 heterocycles. The van der Waals surface area contributed by atoms with Gasteiger partial charge in [0.15, 0.2) is 0 Å². The third kappa shape index (κ3) is 0.797. The predicted molar refractivity (Wildman–Crippen MR) is 30.4 cm³/mol. The lowest BCUT2D eigenvalue weighted by Gasteiger charge is -2.31. The van der Waals surface area contributed by atoms with Gasteiger partial charge in [0.2, 0.25) is 6.08 Å². The third-order valence-electron chi connectivity index (χ3n) is 1.75. The quantitative estimate of drug-likeness (QED) is 0.370. The molecule has 1 aliphatic rings. The van der Waals surface area contributed by atoms with Crippen molar-refractivity contribution in [1.29, 1.82) is 0 Å². The van der Waals surface area contributed by atoms with Gasteiger partial charge in [-0.1, -0.05) is 0 Å². The van der Waals surface area contributed by atoms with Gasteiger partial charge in [0.05, 0.1) is 5.54 Å². The Kier molecular flexibility index (Phi) is 1.18. The molecule has 0 unspecified atom stereocenters. The molecule has 0 aromatic heterocycles. The van der Waals surface area contributed by atoms with Crippen LogP contribution in [-0.4, -0.2) is 11.6 Å². The highest BCUT2D eigenvalue weighted by atomic mass is 16.1. The van der Waals surface area contributed by atoms with Crippen molar-refractivity contribution in [3.8, 4) is 0 Å². The van der Waals surface area contributed by atoms with Crippen molar-refractivity contribution < 1.29 is 4.79 Å². The number of rotatable bonds is 1. The van der Waals surface area contributed by atoms with Crippen molar-refractivity contribution in [2.45, 2.75) is 31.7 Å². The van der Waals surface area contributed by atoms with Crippen LogP contribution in [0.1, 0.15) is 26.2 Å². The van der Waals surface area contributed by atoms with Crippen LogP contribution in [0, 0.1) is 0 Å². The summed E-state index contributed by atoms with van der Waals surface area (Å²) >= 11 is 0. The van der Waals surface area contributed by atoms with Gasteiger partial charge in [-0.2, -0.15) is 4.99 Å². The van der Waals surface area contributed by atoms with Crippen LogP contribution in [0.15, 0.2) is 4.99 Å². The average molecular weight is 111 g/mol. The Morgan fingerprint density at radius 3 is 2.38 bits per heavy atom. The van der Waals surface area contributed by atoms with Crippen LogP contribution in [0.5, 0.6) is 0 Å². The zero-order chi connectivity index (χ0) is 6.04. The maximum absolute atomic E-state index is 9.72. The smallest absolute Gasteiger partial charge is 0.211 e. The molecule has 0 N–H and O–H groups in total. The molecule has 0 aromatic carbocycles. The fourth-order valence-electron chi connectivity index (χ4n) is 0.910. The van der Waals surface area contributed by atoms with E-state index in [1.807, 2.05) is 6.92 Å². The fourth-order valence-corrected chi connectivity index (χ4v) is 0.910. The number of hydrogen-bond acceptors (Lipinski definition) is 2. The first-order valence-corrected chi connectivity index (χ1v) is 2.86. The van der Waals surface area contributed by atoms with E-state index in [2.05, 4.69) is 4.99 Å². The summed E-state index contributed by atoms with van der Waals surface area (Å²) in [5, 5.41) is 0. The Bertz CT molecular complexity index is 131. The second-order valence-corrected chi connectivity index (χ2v) is 2.55. The summed E-state index contributed by atoms with van der Waals surface area (Å²) in [7, 11) is 0. The molecule has 0 atom stereocenters. The van der Waals surface area contributed by atoms with E-state index in [1.165, 1.54) is 6.42 Å². The van der Waals surface area contributed by atoms with Crippen molar-refractivity contribution in [1.82, 2.24) is 0 Å². The van der Waals surface area contributed by atoms with Gasteiger partial charge < -0.3 is 0 Å². The third-order valence-corrected chi connectivity index (χ3v) is 1.75. The summed E-state index contributed by atoms with van der Waals surface area (Å²) in [6, 6.07) is 0. The molecule has 8 heavy (non-hydrogen) atoms. The summed E-state index contributed by atoms with van der Waals surface area (Å²) < 4.78 is 0. The van der Waals surface area contributed by atoms with Crippen LogP contribution in [0.2, 0.25) is 0 Å². The largest absolute Gasteiger partial charge is 0.235 e. The maximum Gasteiger partial charge on any atom is 0.235 e. The Morgan fingerprint density at radius 2 is 2.25 bits per heavy atom. The number of aliphatic imine (C=N–C) groups is 1. The lowest BCUT2D eigenvalue weighted by Crippen LogP contribution is -2.30. The van der Waals surface area contributed by atoms with Gasteiger partial charge in [-0.05, 0) is 26.2 Å². The Morgan fingerprint density at radius 1 is 1.62 bits per heavy atom. The molecule has 0 aromatic rings. The molecule has 2 nitrogen and oxygen atoms in total. The van der Waals surface area contributed by atoms with E-state index in [0.717, 1.165) is 12.8 Å². The minimum atomic E-state index is -0.0260. The molecule has 2 heteroatoms. The highest BCUT2D eigenvalue weighted by Crippen LogP contribution is 2.34. The fraction of sp³-hybridized carbons (Fsp3) is 0.833. The number of isocyanates is 1. The van der Waals surface area contributed by atoms with E-state index in [9.17, 15) is 4.79 Å². The second-order valence-electron chi connectivity index (χ2n) is 2.55. The van der Waals surface area contributed by atoms with Crippen LogP contribution in [-0.2, 0) is 4.79 Å². The van der Waals surface area contributed by atoms with Crippen LogP contribution in [0.4, 0.5) is 0 Å². The second kappa shape index (κ2) is 1.71. The van der Waals surface area contributed by atoms with Crippen LogP contribution in [0.25, 0.3) is 0 Å². The van der Waals surface area contributed by atoms with Crippen LogP contribution in [0.3, 0.4) is 0 Å². The monoisotopic (exact) mass is 111 g/mol. The molecule has 44 valence electrons. The first-order valence-electron chi connectivity index (χ1n) is 2.86. The topological polar surface area (TPSA) is 29.4 Å². The number of nitrogens with zero attached hydrogens (tertiary/aromatic N) is 1. The Balaban J connectivity index is 2.53. The van der Waals surface area contributed by atoms with Crippen LogP contribution >= 0.6 is 0 Å². The minimum Gasteiger partial charge on any atom is -0.211 e. The van der Waals surface area contributed by atoms with Crippen LogP contribution < -0.4 is 0 Å². The SMILES string of the molecule is CC1(N=C=O)CCC1. The number of hydrogen-bond donors (Lipinski definition) is 0. The highest BCUT2D eigenvalue weighted by molar-refractivity contribution is 5.35. The van der Waals surface area contributed by atoms with Gasteiger partial charge >= 0.3 is 0 Å². The molecule has 1 rings (SSSR count). The van der Waals surface area contributed by atoms with Gasteiger partial charge in [-0.3, -0.25) is 0 Å². The highest BCUT2D eigenvalue weighted by Gasteiger charge is 2.30. The summed E-state index contributed by atoms with van der Waals surface area (Å²) in [6.07, 6.45) is 4.91. The molecule has 0 spiro atoms. The molecular formula is C6H9NO.